The van der Waals surface area contributed by atoms with E-state index in [1.165, 1.54) is 19.3 Å². The molecule has 0 radical (unpaired) electrons. The molecule has 0 N–H and O–H groups in total. The fourth-order valence-corrected chi connectivity index (χ4v) is 3.18. The third kappa shape index (κ3) is 0.675. The van der Waals surface area contributed by atoms with Crippen LogP contribution >= 0.6 is 0 Å². The smallest absolute Gasteiger partial charge is 0.140 e. The summed E-state index contributed by atoms with van der Waals surface area (Å²) in [6.07, 6.45) is 10.3. The molecule has 3 rings (SSSR count). The van der Waals surface area contributed by atoms with Gasteiger partial charge in [0, 0.05) is 12.3 Å². The summed E-state index contributed by atoms with van der Waals surface area (Å²) >= 11 is 0. The van der Waals surface area contributed by atoms with E-state index < -0.39 is 0 Å². The Balaban J connectivity index is 1.97. The molecule has 64 valence electrons. The molecule has 0 amide bonds. The Labute approximate surface area is 72.8 Å². The average molecular weight is 162 g/mol. The molecule has 0 heterocycles. The van der Waals surface area contributed by atoms with E-state index in [4.69, 9.17) is 0 Å². The molecule has 3 aliphatic carbocycles. The molecule has 1 heteroatoms. The van der Waals surface area contributed by atoms with Crippen molar-refractivity contribution in [1.29, 1.82) is 0 Å². The van der Waals surface area contributed by atoms with E-state index >= 15 is 0 Å². The Bertz CT molecular complexity index is 266. The minimum Gasteiger partial charge on any atom is -0.299 e. The molecule has 0 aliphatic heterocycles. The summed E-state index contributed by atoms with van der Waals surface area (Å²) in [6.45, 7) is 0. The van der Waals surface area contributed by atoms with Gasteiger partial charge in [-0.2, -0.15) is 0 Å². The fourth-order valence-electron chi connectivity index (χ4n) is 3.18. The highest BCUT2D eigenvalue weighted by Crippen LogP contribution is 2.66. The van der Waals surface area contributed by atoms with Crippen molar-refractivity contribution >= 4 is 5.78 Å². The fraction of sp³-hybridized carbons (Fsp3) is 0.727. The summed E-state index contributed by atoms with van der Waals surface area (Å²) < 4.78 is 0. The highest BCUT2D eigenvalue weighted by molar-refractivity contribution is 5.85. The summed E-state index contributed by atoms with van der Waals surface area (Å²) in [5.74, 6) is 1.62. The lowest BCUT2D eigenvalue weighted by molar-refractivity contribution is -0.122. The normalized spacial score (nSPS) is 49.8. The molecule has 2 saturated carbocycles. The largest absolute Gasteiger partial charge is 0.299 e. The van der Waals surface area contributed by atoms with Crippen molar-refractivity contribution in [2.24, 2.45) is 17.3 Å². The van der Waals surface area contributed by atoms with Crippen LogP contribution < -0.4 is 0 Å². The van der Waals surface area contributed by atoms with Gasteiger partial charge in [0.15, 0.2) is 0 Å². The highest BCUT2D eigenvalue weighted by atomic mass is 16.1. The first-order valence-corrected chi connectivity index (χ1v) is 5.04. The van der Waals surface area contributed by atoms with Crippen LogP contribution in [0.3, 0.4) is 0 Å². The monoisotopic (exact) mass is 162 g/mol. The van der Waals surface area contributed by atoms with Gasteiger partial charge in [-0.15, -0.1) is 0 Å². The van der Waals surface area contributed by atoms with Gasteiger partial charge in [0.1, 0.15) is 5.78 Å². The van der Waals surface area contributed by atoms with E-state index in [-0.39, 0.29) is 0 Å². The van der Waals surface area contributed by atoms with E-state index in [2.05, 4.69) is 12.2 Å². The van der Waals surface area contributed by atoms with Gasteiger partial charge in [-0.05, 0) is 30.6 Å². The first-order chi connectivity index (χ1) is 5.83. The van der Waals surface area contributed by atoms with Crippen molar-refractivity contribution in [1.82, 2.24) is 0 Å². The van der Waals surface area contributed by atoms with E-state index in [0.29, 0.717) is 17.1 Å². The topological polar surface area (TPSA) is 17.1 Å². The second kappa shape index (κ2) is 2.01. The second-order valence-electron chi connectivity index (χ2n) is 4.58. The van der Waals surface area contributed by atoms with Gasteiger partial charge in [0.05, 0.1) is 0 Å². The lowest BCUT2D eigenvalue weighted by Gasteiger charge is -2.17. The highest BCUT2D eigenvalue weighted by Gasteiger charge is 2.61. The van der Waals surface area contributed by atoms with Crippen LogP contribution in [-0.2, 0) is 4.79 Å². The first kappa shape index (κ1) is 6.88. The van der Waals surface area contributed by atoms with Gasteiger partial charge >= 0.3 is 0 Å². The van der Waals surface area contributed by atoms with E-state index in [1.807, 2.05) is 0 Å². The lowest BCUT2D eigenvalue weighted by atomic mass is 9.86. The van der Waals surface area contributed by atoms with Crippen molar-refractivity contribution in [3.05, 3.63) is 12.2 Å². The predicted octanol–water partition coefficient (Wildman–Crippen LogP) is 2.32. The molecule has 3 unspecified atom stereocenters. The molecule has 0 aromatic heterocycles. The Kier molecular flexibility index (Phi) is 1.15. The molecule has 3 atom stereocenters. The van der Waals surface area contributed by atoms with Crippen molar-refractivity contribution < 1.29 is 4.79 Å². The van der Waals surface area contributed by atoms with Gasteiger partial charge in [0.25, 0.3) is 0 Å². The summed E-state index contributed by atoms with van der Waals surface area (Å²) in [7, 11) is 0. The molecule has 12 heavy (non-hydrogen) atoms. The zero-order chi connectivity index (χ0) is 8.18. The number of hydrogen-bond acceptors (Lipinski definition) is 1. The maximum absolute atomic E-state index is 11.7. The van der Waals surface area contributed by atoms with E-state index in [1.54, 1.807) is 0 Å². The lowest BCUT2D eigenvalue weighted by Crippen LogP contribution is -2.19. The predicted molar refractivity (Wildman–Crippen MR) is 46.6 cm³/mol. The number of Topliss-reactive ketones (excluding diaryl/α,β-unsaturated/α-hetero) is 1. The van der Waals surface area contributed by atoms with Crippen molar-refractivity contribution in [3.63, 3.8) is 0 Å². The summed E-state index contributed by atoms with van der Waals surface area (Å²) in [5, 5.41) is 0. The van der Waals surface area contributed by atoms with Gasteiger partial charge in [-0.3, -0.25) is 4.79 Å². The number of carbonyl (C=O) groups is 1. The molecule has 3 aliphatic rings. The van der Waals surface area contributed by atoms with Crippen LogP contribution in [0.5, 0.6) is 0 Å². The zero-order valence-corrected chi connectivity index (χ0v) is 7.25. The van der Waals surface area contributed by atoms with Crippen LogP contribution in [0.25, 0.3) is 0 Å². The molecule has 1 nitrogen and oxygen atoms in total. The molecule has 1 spiro atoms. The minimum atomic E-state index is 0.324. The van der Waals surface area contributed by atoms with Gasteiger partial charge < -0.3 is 0 Å². The van der Waals surface area contributed by atoms with Crippen LogP contribution in [0.2, 0.25) is 0 Å². The maximum Gasteiger partial charge on any atom is 0.140 e. The first-order valence-electron chi connectivity index (χ1n) is 5.04. The number of carbonyl (C=O) groups excluding carboxylic acids is 1. The van der Waals surface area contributed by atoms with Crippen molar-refractivity contribution in [2.75, 3.05) is 0 Å². The molecule has 0 aromatic carbocycles. The Morgan fingerprint density at radius 2 is 2.25 bits per heavy atom. The van der Waals surface area contributed by atoms with Gasteiger partial charge in [0.2, 0.25) is 0 Å². The van der Waals surface area contributed by atoms with E-state index in [9.17, 15) is 4.79 Å². The average Bonchev–Trinajstić information content (AvgIpc) is 2.71. The maximum atomic E-state index is 11.7. The zero-order valence-electron chi connectivity index (χ0n) is 7.25. The van der Waals surface area contributed by atoms with Crippen LogP contribution in [0.1, 0.15) is 32.1 Å². The Morgan fingerprint density at radius 3 is 3.08 bits per heavy atom. The number of hydrogen-bond donors (Lipinski definition) is 0. The van der Waals surface area contributed by atoms with Crippen molar-refractivity contribution in [3.8, 4) is 0 Å². The third-order valence-corrected chi connectivity index (χ3v) is 4.00. The Hall–Kier alpha value is -0.590. The summed E-state index contributed by atoms with van der Waals surface area (Å²) in [6, 6.07) is 0. The standard InChI is InChI=1S/C11H14O/c12-10-3-1-2-6-11-7-8(11)4-5-9(10)11/h4-5,8-9H,1-3,6-7H2. The van der Waals surface area contributed by atoms with Crippen LogP contribution in [0, 0.1) is 17.3 Å². The minimum absolute atomic E-state index is 0.324. The summed E-state index contributed by atoms with van der Waals surface area (Å²) in [5.41, 5.74) is 0.452. The molecule has 0 aromatic rings. The molecule has 0 saturated heterocycles. The second-order valence-corrected chi connectivity index (χ2v) is 4.58. The molecule has 2 fully saturated rings. The molecular formula is C11H14O. The van der Waals surface area contributed by atoms with Crippen molar-refractivity contribution in [2.45, 2.75) is 32.1 Å². The molecular weight excluding hydrogens is 148 g/mol. The van der Waals surface area contributed by atoms with Crippen LogP contribution in [0.4, 0.5) is 0 Å². The van der Waals surface area contributed by atoms with Crippen LogP contribution in [0.15, 0.2) is 12.2 Å². The number of rotatable bonds is 0. The quantitative estimate of drug-likeness (QED) is 0.499. The number of allylic oxidation sites excluding steroid dienone is 2. The van der Waals surface area contributed by atoms with Crippen LogP contribution in [-0.4, -0.2) is 5.78 Å². The van der Waals surface area contributed by atoms with Gasteiger partial charge in [-0.25, -0.2) is 0 Å². The SMILES string of the molecule is O=C1CCCCC23CC2C=CC13. The third-order valence-electron chi connectivity index (χ3n) is 4.00. The van der Waals surface area contributed by atoms with E-state index in [0.717, 1.165) is 18.8 Å². The molecule has 0 bridgehead atoms. The van der Waals surface area contributed by atoms with Gasteiger partial charge in [-0.1, -0.05) is 18.6 Å². The number of ketones is 1. The summed E-state index contributed by atoms with van der Waals surface area (Å²) in [4.78, 5) is 11.7. The Morgan fingerprint density at radius 1 is 1.33 bits per heavy atom.